The number of hydrogen-bond donors (Lipinski definition) is 6. The minimum atomic E-state index is -1.04. The molecule has 3 atom stereocenters. The molecule has 0 spiro atoms. The second-order valence-electron chi connectivity index (χ2n) is 13.9. The van der Waals surface area contributed by atoms with Crippen LogP contribution in [0.5, 0.6) is 5.75 Å². The van der Waals surface area contributed by atoms with E-state index in [1.165, 1.54) is 0 Å². The van der Waals surface area contributed by atoms with Gasteiger partial charge in [-0.3, -0.25) is 9.59 Å². The fourth-order valence-corrected chi connectivity index (χ4v) is 5.73. The molecular formula is C37H51N9O6. The van der Waals surface area contributed by atoms with Crippen LogP contribution in [0.4, 0.5) is 10.7 Å². The topological polar surface area (TPSA) is 226 Å². The van der Waals surface area contributed by atoms with Gasteiger partial charge in [-0.1, -0.05) is 35.5 Å². The first kappa shape index (κ1) is 39.3. The number of nitrogens with two attached hydrogens (primary N) is 2. The van der Waals surface area contributed by atoms with Crippen molar-refractivity contribution < 1.29 is 28.8 Å². The summed E-state index contributed by atoms with van der Waals surface area (Å²) in [6.07, 6.45) is 5.01. The molecule has 2 heterocycles. The van der Waals surface area contributed by atoms with Crippen LogP contribution in [0.15, 0.2) is 59.4 Å². The van der Waals surface area contributed by atoms with Gasteiger partial charge in [0.2, 0.25) is 17.7 Å². The van der Waals surface area contributed by atoms with Crippen molar-refractivity contribution in [1.29, 1.82) is 0 Å². The fourth-order valence-electron chi connectivity index (χ4n) is 5.73. The Balaban J connectivity index is 1.52. The number of anilines is 1. The molecule has 8 N–H and O–H groups in total. The zero-order chi connectivity index (χ0) is 37.8. The Labute approximate surface area is 303 Å². The van der Waals surface area contributed by atoms with Crippen LogP contribution in [0.3, 0.4) is 0 Å². The van der Waals surface area contributed by atoms with Crippen molar-refractivity contribution in [3.63, 3.8) is 0 Å². The lowest BCUT2D eigenvalue weighted by Crippen LogP contribution is -2.53. The molecule has 0 aliphatic carbocycles. The third-order valence-corrected chi connectivity index (χ3v) is 8.36. The van der Waals surface area contributed by atoms with Gasteiger partial charge in [-0.25, -0.2) is 9.78 Å². The van der Waals surface area contributed by atoms with E-state index in [1.807, 2.05) is 44.2 Å². The number of phenols is 1. The van der Waals surface area contributed by atoms with Crippen molar-refractivity contribution in [2.45, 2.75) is 103 Å². The Morgan fingerprint density at radius 3 is 2.38 bits per heavy atom. The molecule has 15 nitrogen and oxygen atoms in total. The van der Waals surface area contributed by atoms with Gasteiger partial charge in [0.05, 0.1) is 6.04 Å². The summed E-state index contributed by atoms with van der Waals surface area (Å²) in [6, 6.07) is 10.2. The minimum Gasteiger partial charge on any atom is -0.508 e. The molecule has 15 heteroatoms. The number of hydrogen-bond acceptors (Lipinski definition) is 11. The molecule has 4 aromatic rings. The Morgan fingerprint density at radius 1 is 1.02 bits per heavy atom. The molecule has 3 amide bonds. The lowest BCUT2D eigenvalue weighted by molar-refractivity contribution is -0.130. The molecule has 52 heavy (non-hydrogen) atoms. The first-order valence-corrected chi connectivity index (χ1v) is 17.4. The highest BCUT2D eigenvalue weighted by molar-refractivity contribution is 5.90. The number of carbonyl (C=O) groups excluding carboxylic acids is 3. The fraction of sp³-hybridized carbons (Fsp3) is 0.459. The summed E-state index contributed by atoms with van der Waals surface area (Å²) in [5.74, 6) is 0.121. The predicted molar refractivity (Wildman–Crippen MR) is 195 cm³/mol. The molecule has 280 valence electrons. The molecular weight excluding hydrogens is 666 g/mol. The molecule has 0 aliphatic heterocycles. The number of alkyl carbamates (subject to hydrolysis) is 1. The summed E-state index contributed by atoms with van der Waals surface area (Å²) < 4.78 is 12.8. The van der Waals surface area contributed by atoms with Crippen LogP contribution >= 0.6 is 0 Å². The number of imidazole rings is 1. The summed E-state index contributed by atoms with van der Waals surface area (Å²) in [6.45, 7) is 9.80. The van der Waals surface area contributed by atoms with E-state index in [4.69, 9.17) is 20.7 Å². The molecule has 0 radical (unpaired) electrons. The second kappa shape index (κ2) is 18.2. The average molecular weight is 718 g/mol. The number of amides is 3. The minimum absolute atomic E-state index is 0.104. The third-order valence-electron chi connectivity index (χ3n) is 8.36. The normalized spacial score (nSPS) is 13.2. The summed E-state index contributed by atoms with van der Waals surface area (Å²) in [5.41, 5.74) is 14.8. The predicted octanol–water partition coefficient (Wildman–Crippen LogP) is 3.76. The zero-order valence-electron chi connectivity index (χ0n) is 30.5. The molecule has 0 saturated heterocycles. The van der Waals surface area contributed by atoms with E-state index in [0.717, 1.165) is 22.3 Å². The van der Waals surface area contributed by atoms with Crippen LogP contribution < -0.4 is 27.4 Å². The third kappa shape index (κ3) is 12.1. The Bertz CT molecular complexity index is 1760. The van der Waals surface area contributed by atoms with Crippen LogP contribution in [-0.4, -0.2) is 66.9 Å². The van der Waals surface area contributed by atoms with Crippen molar-refractivity contribution in [1.82, 2.24) is 35.6 Å². The van der Waals surface area contributed by atoms with E-state index in [0.29, 0.717) is 50.4 Å². The van der Waals surface area contributed by atoms with Gasteiger partial charge >= 0.3 is 6.09 Å². The number of rotatable bonds is 17. The van der Waals surface area contributed by atoms with Gasteiger partial charge in [-0.2, -0.15) is 4.98 Å². The number of carbonyl (C=O) groups is 3. The maximum atomic E-state index is 14.2. The molecule has 0 fully saturated rings. The molecule has 0 bridgehead atoms. The van der Waals surface area contributed by atoms with Gasteiger partial charge < -0.3 is 46.4 Å². The van der Waals surface area contributed by atoms with Crippen LogP contribution in [0.2, 0.25) is 0 Å². The molecule has 4 rings (SSSR count). The SMILES string of the molecule is Cc1cc(O)cc(C)c1C[C@H](NC(=O)[C@H](N)CCCn1ccnc1N)C(=O)N[C@@H](CCCNC(=O)OC(C)(C)C)c1nc(Cc2ccccc2)no1. The van der Waals surface area contributed by atoms with Gasteiger partial charge in [0, 0.05) is 38.3 Å². The summed E-state index contributed by atoms with van der Waals surface area (Å²) in [5, 5.41) is 22.9. The number of benzene rings is 2. The zero-order valence-corrected chi connectivity index (χ0v) is 30.5. The highest BCUT2D eigenvalue weighted by atomic mass is 16.6. The Kier molecular flexibility index (Phi) is 13.7. The van der Waals surface area contributed by atoms with Crippen molar-refractivity contribution in [2.24, 2.45) is 5.73 Å². The molecule has 0 saturated carbocycles. The van der Waals surface area contributed by atoms with Gasteiger partial charge in [-0.15, -0.1) is 0 Å². The van der Waals surface area contributed by atoms with Crippen LogP contribution in [-0.2, 0) is 33.7 Å². The van der Waals surface area contributed by atoms with Crippen molar-refractivity contribution >= 4 is 23.9 Å². The van der Waals surface area contributed by atoms with Crippen LogP contribution in [0, 0.1) is 13.8 Å². The maximum Gasteiger partial charge on any atom is 0.407 e. The van der Waals surface area contributed by atoms with Crippen molar-refractivity contribution in [3.8, 4) is 5.75 Å². The van der Waals surface area contributed by atoms with Gasteiger partial charge in [0.25, 0.3) is 0 Å². The van der Waals surface area contributed by atoms with E-state index in [-0.39, 0.29) is 24.6 Å². The van der Waals surface area contributed by atoms with Crippen LogP contribution in [0.1, 0.15) is 86.5 Å². The van der Waals surface area contributed by atoms with Crippen molar-refractivity contribution in [3.05, 3.63) is 88.8 Å². The summed E-state index contributed by atoms with van der Waals surface area (Å²) in [7, 11) is 0. The lowest BCUT2D eigenvalue weighted by Gasteiger charge is -2.25. The van der Waals surface area contributed by atoms with Crippen LogP contribution in [0.25, 0.3) is 0 Å². The second-order valence-corrected chi connectivity index (χ2v) is 13.9. The smallest absolute Gasteiger partial charge is 0.407 e. The number of phenolic OH excluding ortho intramolecular Hbond substituents is 1. The van der Waals surface area contributed by atoms with Gasteiger partial charge in [-0.05, 0) is 94.7 Å². The molecule has 0 unspecified atom stereocenters. The largest absolute Gasteiger partial charge is 0.508 e. The number of ether oxygens (including phenoxy) is 1. The van der Waals surface area contributed by atoms with Crippen molar-refractivity contribution in [2.75, 3.05) is 12.3 Å². The molecule has 2 aromatic carbocycles. The van der Waals surface area contributed by atoms with E-state index in [2.05, 4.69) is 31.1 Å². The lowest BCUT2D eigenvalue weighted by atomic mass is 9.95. The summed E-state index contributed by atoms with van der Waals surface area (Å²) >= 11 is 0. The monoisotopic (exact) mass is 717 g/mol. The Hall–Kier alpha value is -5.44. The maximum absolute atomic E-state index is 14.2. The first-order valence-electron chi connectivity index (χ1n) is 17.4. The van der Waals surface area contributed by atoms with Gasteiger partial charge in [0.1, 0.15) is 23.4 Å². The number of aryl methyl sites for hydroxylation is 3. The number of nitrogens with zero attached hydrogens (tertiary/aromatic N) is 4. The highest BCUT2D eigenvalue weighted by Crippen LogP contribution is 2.24. The van der Waals surface area contributed by atoms with E-state index in [1.54, 1.807) is 49.9 Å². The molecule has 0 aliphatic rings. The first-order chi connectivity index (χ1) is 24.7. The highest BCUT2D eigenvalue weighted by Gasteiger charge is 2.29. The van der Waals surface area contributed by atoms with E-state index < -0.39 is 41.6 Å². The molecule has 2 aromatic heterocycles. The number of aromatic nitrogens is 4. The average Bonchev–Trinajstić information content (AvgIpc) is 3.71. The van der Waals surface area contributed by atoms with E-state index >= 15 is 0 Å². The Morgan fingerprint density at radius 2 is 1.73 bits per heavy atom. The summed E-state index contributed by atoms with van der Waals surface area (Å²) in [4.78, 5) is 48.5. The number of nitrogen functional groups attached to an aromatic ring is 1. The van der Waals surface area contributed by atoms with Gasteiger partial charge in [0.15, 0.2) is 11.8 Å². The quantitative estimate of drug-likeness (QED) is 0.0862. The standard InChI is InChI=1S/C37H51N9O6/c1-23-19-26(47)20-24(2)27(23)22-30(43-32(48)28(38)13-10-17-46-18-16-40-35(46)39)33(49)42-29(14-9-15-41-36(50)51-37(3,4)5)34-44-31(45-52-34)21-25-11-7-6-8-12-25/h6-8,11-12,16,18-20,28-30,47H,9-10,13-15,17,21-22,38H2,1-5H3,(H2,39,40)(H,41,50)(H,42,49)(H,43,48)/t28-,29+,30+/m1/s1. The van der Waals surface area contributed by atoms with E-state index in [9.17, 15) is 19.5 Å². The number of aromatic hydroxyl groups is 1. The number of nitrogens with one attached hydrogen (secondary N) is 3.